The SMILES string of the molecule is CN=C(NCCc1ccc(F)cc1)NCCc1nc(C(F)(F)F)cs1. The summed E-state index contributed by atoms with van der Waals surface area (Å²) >= 11 is 0.990. The van der Waals surface area contributed by atoms with Gasteiger partial charge < -0.3 is 10.6 Å². The van der Waals surface area contributed by atoms with Gasteiger partial charge in [0.25, 0.3) is 0 Å². The molecule has 1 aromatic carbocycles. The molecule has 0 saturated carbocycles. The number of aromatic nitrogens is 1. The van der Waals surface area contributed by atoms with Crippen molar-refractivity contribution < 1.29 is 17.6 Å². The van der Waals surface area contributed by atoms with Gasteiger partial charge in [-0.1, -0.05) is 12.1 Å². The van der Waals surface area contributed by atoms with Crippen LogP contribution in [0.15, 0.2) is 34.6 Å². The van der Waals surface area contributed by atoms with Crippen LogP contribution in [0.2, 0.25) is 0 Å². The van der Waals surface area contributed by atoms with E-state index in [-0.39, 0.29) is 5.82 Å². The van der Waals surface area contributed by atoms with Crippen molar-refractivity contribution in [3.8, 4) is 0 Å². The molecule has 0 radical (unpaired) electrons. The van der Waals surface area contributed by atoms with Crippen LogP contribution in [0.4, 0.5) is 17.6 Å². The molecule has 1 aromatic heterocycles. The molecule has 0 bridgehead atoms. The largest absolute Gasteiger partial charge is 0.434 e. The smallest absolute Gasteiger partial charge is 0.356 e. The highest BCUT2D eigenvalue weighted by atomic mass is 32.1. The Morgan fingerprint density at radius 2 is 1.76 bits per heavy atom. The average Bonchev–Trinajstić information content (AvgIpc) is 3.04. The first-order valence-electron chi connectivity index (χ1n) is 7.59. The van der Waals surface area contributed by atoms with E-state index in [1.165, 1.54) is 12.1 Å². The lowest BCUT2D eigenvalue weighted by molar-refractivity contribution is -0.140. The minimum Gasteiger partial charge on any atom is -0.356 e. The topological polar surface area (TPSA) is 49.3 Å². The van der Waals surface area contributed by atoms with Gasteiger partial charge in [-0.15, -0.1) is 11.3 Å². The van der Waals surface area contributed by atoms with Gasteiger partial charge in [0.05, 0.1) is 5.01 Å². The second-order valence-electron chi connectivity index (χ2n) is 5.18. The van der Waals surface area contributed by atoms with Crippen LogP contribution in [0.1, 0.15) is 16.3 Å². The fourth-order valence-electron chi connectivity index (χ4n) is 2.04. The van der Waals surface area contributed by atoms with Crippen LogP contribution < -0.4 is 10.6 Å². The summed E-state index contributed by atoms with van der Waals surface area (Å²) in [6, 6.07) is 6.25. The first-order valence-corrected chi connectivity index (χ1v) is 8.47. The van der Waals surface area contributed by atoms with Gasteiger partial charge in [0, 0.05) is 31.9 Å². The third-order valence-electron chi connectivity index (χ3n) is 3.32. The van der Waals surface area contributed by atoms with E-state index in [0.717, 1.165) is 22.3 Å². The van der Waals surface area contributed by atoms with Gasteiger partial charge in [-0.2, -0.15) is 13.2 Å². The minimum absolute atomic E-state index is 0.273. The zero-order valence-corrected chi connectivity index (χ0v) is 14.3. The molecule has 9 heteroatoms. The number of nitrogens with zero attached hydrogens (tertiary/aromatic N) is 2. The Balaban J connectivity index is 1.71. The second kappa shape index (κ2) is 8.80. The van der Waals surface area contributed by atoms with Crippen LogP contribution in [-0.2, 0) is 19.0 Å². The molecule has 2 aromatic rings. The van der Waals surface area contributed by atoms with E-state index in [1.807, 2.05) is 0 Å². The fourth-order valence-corrected chi connectivity index (χ4v) is 2.85. The van der Waals surface area contributed by atoms with E-state index in [2.05, 4.69) is 20.6 Å². The predicted molar refractivity (Wildman–Crippen MR) is 90.3 cm³/mol. The Labute approximate surface area is 147 Å². The number of guanidine groups is 1. The predicted octanol–water partition coefficient (Wildman–Crippen LogP) is 3.25. The van der Waals surface area contributed by atoms with Gasteiger partial charge in [-0.3, -0.25) is 4.99 Å². The molecular formula is C16H18F4N4S. The normalized spacial score (nSPS) is 12.3. The maximum atomic E-state index is 12.8. The van der Waals surface area contributed by atoms with E-state index in [1.54, 1.807) is 19.2 Å². The van der Waals surface area contributed by atoms with Crippen LogP contribution in [0, 0.1) is 5.82 Å². The highest BCUT2D eigenvalue weighted by Crippen LogP contribution is 2.29. The number of thiazole rings is 1. The Hall–Kier alpha value is -2.16. The van der Waals surface area contributed by atoms with Crippen LogP contribution >= 0.6 is 11.3 Å². The molecule has 0 unspecified atom stereocenters. The molecule has 4 nitrogen and oxygen atoms in total. The maximum Gasteiger partial charge on any atom is 0.434 e. The summed E-state index contributed by atoms with van der Waals surface area (Å²) in [5, 5.41) is 7.56. The molecule has 0 aliphatic heterocycles. The molecule has 0 amide bonds. The molecule has 0 saturated heterocycles. The number of alkyl halides is 3. The zero-order valence-electron chi connectivity index (χ0n) is 13.5. The summed E-state index contributed by atoms with van der Waals surface area (Å²) in [7, 11) is 1.61. The maximum absolute atomic E-state index is 12.8. The fraction of sp³-hybridized carbons (Fsp3) is 0.375. The number of nitrogens with one attached hydrogen (secondary N) is 2. The summed E-state index contributed by atoms with van der Waals surface area (Å²) in [4.78, 5) is 7.62. The molecule has 1 heterocycles. The summed E-state index contributed by atoms with van der Waals surface area (Å²) in [6.07, 6.45) is -3.33. The van der Waals surface area contributed by atoms with Gasteiger partial charge in [-0.05, 0) is 24.1 Å². The van der Waals surface area contributed by atoms with E-state index in [0.29, 0.717) is 36.9 Å². The molecule has 0 atom stereocenters. The van der Waals surface area contributed by atoms with Gasteiger partial charge in [-0.25, -0.2) is 9.37 Å². The van der Waals surface area contributed by atoms with Crippen molar-refractivity contribution in [3.63, 3.8) is 0 Å². The van der Waals surface area contributed by atoms with Crippen LogP contribution in [0.3, 0.4) is 0 Å². The third kappa shape index (κ3) is 6.33. The molecular weight excluding hydrogens is 356 g/mol. The van der Waals surface area contributed by atoms with E-state index in [9.17, 15) is 17.6 Å². The first-order chi connectivity index (χ1) is 11.9. The number of halogens is 4. The van der Waals surface area contributed by atoms with Crippen LogP contribution in [0.5, 0.6) is 0 Å². The summed E-state index contributed by atoms with van der Waals surface area (Å²) in [5.41, 5.74) is 0.140. The Morgan fingerprint density at radius 3 is 2.32 bits per heavy atom. The van der Waals surface area contributed by atoms with E-state index < -0.39 is 11.9 Å². The van der Waals surface area contributed by atoms with Crippen molar-refractivity contribution in [2.45, 2.75) is 19.0 Å². The lowest BCUT2D eigenvalue weighted by Gasteiger charge is -2.11. The number of aliphatic imine (C=N–C) groups is 1. The van der Waals surface area contributed by atoms with Gasteiger partial charge >= 0.3 is 6.18 Å². The number of hydrogen-bond donors (Lipinski definition) is 2. The molecule has 0 aliphatic rings. The van der Waals surface area contributed by atoms with Gasteiger partial charge in [0.2, 0.25) is 0 Å². The van der Waals surface area contributed by atoms with Crippen molar-refractivity contribution in [2.75, 3.05) is 20.1 Å². The summed E-state index contributed by atoms with van der Waals surface area (Å²) in [5.74, 6) is 0.278. The molecule has 0 spiro atoms. The summed E-state index contributed by atoms with van der Waals surface area (Å²) in [6.45, 7) is 1.02. The standard InChI is InChI=1S/C16H18F4N4S/c1-21-15(22-8-6-11-2-4-12(17)5-3-11)23-9-7-14-24-13(10-25-14)16(18,19)20/h2-5,10H,6-9H2,1H3,(H2,21,22,23). The lowest BCUT2D eigenvalue weighted by Crippen LogP contribution is -2.39. The average molecular weight is 374 g/mol. The minimum atomic E-state index is -4.40. The summed E-state index contributed by atoms with van der Waals surface area (Å²) < 4.78 is 50.3. The number of benzene rings is 1. The zero-order chi connectivity index (χ0) is 18.3. The van der Waals surface area contributed by atoms with E-state index in [4.69, 9.17) is 0 Å². The molecule has 0 aliphatic carbocycles. The molecule has 0 fully saturated rings. The van der Waals surface area contributed by atoms with Crippen molar-refractivity contribution >= 4 is 17.3 Å². The molecule has 2 N–H and O–H groups in total. The van der Waals surface area contributed by atoms with Crippen molar-refractivity contribution in [1.29, 1.82) is 0 Å². The van der Waals surface area contributed by atoms with Crippen LogP contribution in [0.25, 0.3) is 0 Å². The number of hydrogen-bond acceptors (Lipinski definition) is 3. The Morgan fingerprint density at radius 1 is 1.12 bits per heavy atom. The van der Waals surface area contributed by atoms with E-state index >= 15 is 0 Å². The van der Waals surface area contributed by atoms with Crippen molar-refractivity contribution in [2.24, 2.45) is 4.99 Å². The molecule has 2 rings (SSSR count). The quantitative estimate of drug-likeness (QED) is 0.464. The highest BCUT2D eigenvalue weighted by molar-refractivity contribution is 7.09. The molecule has 25 heavy (non-hydrogen) atoms. The van der Waals surface area contributed by atoms with Gasteiger partial charge in [0.15, 0.2) is 11.7 Å². The molecule has 136 valence electrons. The van der Waals surface area contributed by atoms with Crippen LogP contribution in [-0.4, -0.2) is 31.1 Å². The first kappa shape index (κ1) is 19.2. The highest BCUT2D eigenvalue weighted by Gasteiger charge is 2.33. The monoisotopic (exact) mass is 374 g/mol. The lowest BCUT2D eigenvalue weighted by atomic mass is 10.1. The van der Waals surface area contributed by atoms with Crippen molar-refractivity contribution in [3.05, 3.63) is 51.7 Å². The Bertz CT molecular complexity index is 695. The Kier molecular flexibility index (Phi) is 6.74. The third-order valence-corrected chi connectivity index (χ3v) is 4.23. The number of rotatable bonds is 6. The van der Waals surface area contributed by atoms with Crippen molar-refractivity contribution in [1.82, 2.24) is 15.6 Å². The van der Waals surface area contributed by atoms with Gasteiger partial charge in [0.1, 0.15) is 5.82 Å². The second-order valence-corrected chi connectivity index (χ2v) is 6.12.